The molecule has 5 nitrogen and oxygen atoms in total. The number of rotatable bonds is 8. The van der Waals surface area contributed by atoms with Gasteiger partial charge >= 0.3 is 0 Å². The van der Waals surface area contributed by atoms with Crippen molar-refractivity contribution in [2.24, 2.45) is 0 Å². The smallest absolute Gasteiger partial charge is 0.261 e. The third kappa shape index (κ3) is 7.54. The van der Waals surface area contributed by atoms with E-state index in [-0.39, 0.29) is 18.4 Å². The molecule has 0 heterocycles. The van der Waals surface area contributed by atoms with Gasteiger partial charge in [0.25, 0.3) is 5.91 Å². The summed E-state index contributed by atoms with van der Waals surface area (Å²) in [6.07, 6.45) is 0.485. The van der Waals surface area contributed by atoms with Crippen LogP contribution in [0.5, 0.6) is 5.75 Å². The van der Waals surface area contributed by atoms with E-state index in [0.717, 1.165) is 15.6 Å². The molecule has 1 atom stereocenters. The van der Waals surface area contributed by atoms with Crippen molar-refractivity contribution in [3.05, 3.63) is 63.1 Å². The van der Waals surface area contributed by atoms with Crippen molar-refractivity contribution in [1.29, 1.82) is 0 Å². The van der Waals surface area contributed by atoms with E-state index in [0.29, 0.717) is 23.7 Å². The Morgan fingerprint density at radius 1 is 1.19 bits per heavy atom. The molecule has 0 unspecified atom stereocenters. The Hall–Kier alpha value is -2.05. The normalized spacial score (nSPS) is 12.2. The molecule has 0 fully saturated rings. The summed E-state index contributed by atoms with van der Waals surface area (Å²) in [5.74, 6) is -0.0435. The number of halogens is 2. The molecule has 0 aliphatic heterocycles. The number of amides is 2. The van der Waals surface area contributed by atoms with Gasteiger partial charge in [-0.25, -0.2) is 0 Å². The average molecular weight is 510 g/mol. The summed E-state index contributed by atoms with van der Waals surface area (Å²) in [5, 5.41) is 3.40. The van der Waals surface area contributed by atoms with Gasteiger partial charge in [0.2, 0.25) is 5.91 Å². The molecule has 7 heteroatoms. The number of nitrogens with one attached hydrogen (secondary N) is 1. The Morgan fingerprint density at radius 3 is 2.45 bits per heavy atom. The van der Waals surface area contributed by atoms with Crippen LogP contribution < -0.4 is 10.1 Å². The molecule has 2 rings (SSSR count). The fourth-order valence-corrected chi connectivity index (χ4v) is 3.89. The molecule has 0 radical (unpaired) electrons. The molecule has 0 aliphatic rings. The number of aryl methyl sites for hydroxylation is 1. The summed E-state index contributed by atoms with van der Waals surface area (Å²) < 4.78 is 6.52. The van der Waals surface area contributed by atoms with Gasteiger partial charge < -0.3 is 15.0 Å². The van der Waals surface area contributed by atoms with Crippen molar-refractivity contribution in [3.63, 3.8) is 0 Å². The van der Waals surface area contributed by atoms with Crippen LogP contribution in [0.4, 0.5) is 0 Å². The van der Waals surface area contributed by atoms with Crippen molar-refractivity contribution in [2.75, 3.05) is 6.61 Å². The first kappa shape index (κ1) is 25.2. The van der Waals surface area contributed by atoms with E-state index in [9.17, 15) is 9.59 Å². The summed E-state index contributed by atoms with van der Waals surface area (Å²) >= 11 is 9.56. The third-order valence-electron chi connectivity index (χ3n) is 4.73. The number of carbonyl (C=O) groups is 2. The van der Waals surface area contributed by atoms with E-state index in [4.69, 9.17) is 16.3 Å². The maximum Gasteiger partial charge on any atom is 0.261 e. The van der Waals surface area contributed by atoms with E-state index in [1.54, 1.807) is 23.1 Å². The van der Waals surface area contributed by atoms with Crippen LogP contribution in [-0.2, 0) is 16.1 Å². The Bertz CT molecular complexity index is 927. The Balaban J connectivity index is 2.27. The lowest BCUT2D eigenvalue weighted by molar-refractivity contribution is -0.143. The highest BCUT2D eigenvalue weighted by Gasteiger charge is 2.31. The molecule has 168 valence electrons. The lowest BCUT2D eigenvalue weighted by Crippen LogP contribution is -2.54. The summed E-state index contributed by atoms with van der Waals surface area (Å²) in [6, 6.07) is 12.4. The van der Waals surface area contributed by atoms with Gasteiger partial charge in [-0.3, -0.25) is 9.59 Å². The van der Waals surface area contributed by atoms with Gasteiger partial charge in [-0.05, 0) is 63.4 Å². The lowest BCUT2D eigenvalue weighted by atomic mass is 10.0. The number of hydrogen-bond donors (Lipinski definition) is 1. The molecule has 1 N–H and O–H groups in total. The van der Waals surface area contributed by atoms with Gasteiger partial charge in [0.1, 0.15) is 11.8 Å². The highest BCUT2D eigenvalue weighted by Crippen LogP contribution is 2.28. The second-order valence-corrected chi connectivity index (χ2v) is 9.80. The molecule has 0 saturated carbocycles. The van der Waals surface area contributed by atoms with Gasteiger partial charge in [-0.2, -0.15) is 0 Å². The predicted molar refractivity (Wildman–Crippen MR) is 128 cm³/mol. The third-order valence-corrected chi connectivity index (χ3v) is 5.52. The van der Waals surface area contributed by atoms with Crippen LogP contribution in [0.2, 0.25) is 5.02 Å². The minimum atomic E-state index is -0.615. The van der Waals surface area contributed by atoms with Gasteiger partial charge in [0.05, 0.1) is 5.02 Å². The fourth-order valence-electron chi connectivity index (χ4n) is 3.16. The quantitative estimate of drug-likeness (QED) is 0.510. The van der Waals surface area contributed by atoms with Crippen LogP contribution in [0.3, 0.4) is 0 Å². The summed E-state index contributed by atoms with van der Waals surface area (Å²) in [4.78, 5) is 27.8. The highest BCUT2D eigenvalue weighted by molar-refractivity contribution is 9.10. The van der Waals surface area contributed by atoms with Crippen LogP contribution in [0.15, 0.2) is 46.9 Å². The van der Waals surface area contributed by atoms with Gasteiger partial charge in [-0.1, -0.05) is 58.7 Å². The molecular formula is C24H30BrClN2O3. The first-order chi connectivity index (χ1) is 14.5. The zero-order valence-electron chi connectivity index (χ0n) is 18.7. The van der Waals surface area contributed by atoms with E-state index in [1.807, 2.05) is 58.9 Å². The van der Waals surface area contributed by atoms with Crippen molar-refractivity contribution in [2.45, 2.75) is 59.2 Å². The minimum Gasteiger partial charge on any atom is -0.482 e. The monoisotopic (exact) mass is 508 g/mol. The van der Waals surface area contributed by atoms with Crippen molar-refractivity contribution >= 4 is 39.3 Å². The van der Waals surface area contributed by atoms with Crippen LogP contribution in [0.1, 0.15) is 45.2 Å². The Morgan fingerprint density at radius 2 is 1.87 bits per heavy atom. The van der Waals surface area contributed by atoms with Crippen molar-refractivity contribution < 1.29 is 14.3 Å². The Kier molecular flexibility index (Phi) is 8.95. The zero-order valence-corrected chi connectivity index (χ0v) is 21.0. The first-order valence-corrected chi connectivity index (χ1v) is 11.4. The topological polar surface area (TPSA) is 58.6 Å². The summed E-state index contributed by atoms with van der Waals surface area (Å²) in [6.45, 7) is 9.76. The van der Waals surface area contributed by atoms with E-state index in [1.165, 1.54) is 0 Å². The molecular weight excluding hydrogens is 480 g/mol. The number of benzene rings is 2. The van der Waals surface area contributed by atoms with E-state index in [2.05, 4.69) is 21.2 Å². The molecule has 0 bridgehead atoms. The van der Waals surface area contributed by atoms with Gasteiger partial charge in [0, 0.05) is 16.6 Å². The van der Waals surface area contributed by atoms with E-state index < -0.39 is 11.6 Å². The lowest BCUT2D eigenvalue weighted by Gasteiger charge is -2.33. The molecule has 0 saturated heterocycles. The van der Waals surface area contributed by atoms with Gasteiger partial charge in [0.15, 0.2) is 6.61 Å². The van der Waals surface area contributed by atoms with Crippen LogP contribution in [-0.4, -0.2) is 34.9 Å². The number of ether oxygens (including phenoxy) is 1. The SMILES string of the molecule is CC[C@H](C(=O)NC(C)(C)C)N(Cc1ccccc1C)C(=O)COc1ccc(Br)cc1Cl. The maximum atomic E-state index is 13.2. The van der Waals surface area contributed by atoms with Crippen molar-refractivity contribution in [3.8, 4) is 5.75 Å². The molecule has 0 spiro atoms. The van der Waals surface area contributed by atoms with Crippen LogP contribution >= 0.6 is 27.5 Å². The summed E-state index contributed by atoms with van der Waals surface area (Å²) in [7, 11) is 0. The predicted octanol–water partition coefficient (Wildman–Crippen LogP) is 5.51. The molecule has 31 heavy (non-hydrogen) atoms. The van der Waals surface area contributed by atoms with Crippen molar-refractivity contribution in [1.82, 2.24) is 10.2 Å². The Labute approximate surface area is 198 Å². The number of hydrogen-bond acceptors (Lipinski definition) is 3. The molecule has 0 aliphatic carbocycles. The van der Waals surface area contributed by atoms with E-state index >= 15 is 0 Å². The number of carbonyl (C=O) groups excluding carboxylic acids is 2. The largest absolute Gasteiger partial charge is 0.482 e. The highest BCUT2D eigenvalue weighted by atomic mass is 79.9. The second kappa shape index (κ2) is 11.0. The minimum absolute atomic E-state index is 0.182. The molecule has 0 aromatic heterocycles. The van der Waals surface area contributed by atoms with Crippen LogP contribution in [0, 0.1) is 6.92 Å². The van der Waals surface area contributed by atoms with Gasteiger partial charge in [-0.15, -0.1) is 0 Å². The standard InChI is InChI=1S/C24H30BrClN2O3/c1-6-20(23(30)27-24(3,4)5)28(14-17-10-8-7-9-16(17)2)22(29)15-31-21-12-11-18(25)13-19(21)26/h7-13,20H,6,14-15H2,1-5H3,(H,27,30)/t20-/m1/s1. The molecule has 2 aromatic rings. The fraction of sp³-hybridized carbons (Fsp3) is 0.417. The second-order valence-electron chi connectivity index (χ2n) is 8.47. The maximum absolute atomic E-state index is 13.2. The zero-order chi connectivity index (χ0) is 23.2. The number of nitrogens with zero attached hydrogens (tertiary/aromatic N) is 1. The molecule has 2 amide bonds. The molecule has 2 aromatic carbocycles. The van der Waals surface area contributed by atoms with Crippen LogP contribution in [0.25, 0.3) is 0 Å². The average Bonchev–Trinajstić information content (AvgIpc) is 2.67. The summed E-state index contributed by atoms with van der Waals surface area (Å²) in [5.41, 5.74) is 1.64. The first-order valence-electron chi connectivity index (χ1n) is 10.3.